The minimum absolute atomic E-state index is 0.152. The summed E-state index contributed by atoms with van der Waals surface area (Å²) in [6.07, 6.45) is 0. The minimum atomic E-state index is -0.533. The topological polar surface area (TPSA) is 61.6 Å². The van der Waals surface area contributed by atoms with Crippen LogP contribution in [0.5, 0.6) is 5.75 Å². The van der Waals surface area contributed by atoms with Crippen molar-refractivity contribution in [2.45, 2.75) is 26.4 Å². The smallest absolute Gasteiger partial charge is 0.344 e. The molecule has 3 aromatic rings. The number of carbonyl (C=O) groups excluding carboxylic acids is 1. The van der Waals surface area contributed by atoms with Crippen LogP contribution in [0.15, 0.2) is 51.4 Å². The fourth-order valence-corrected chi connectivity index (χ4v) is 2.59. The maximum atomic E-state index is 11.8. The second kappa shape index (κ2) is 6.88. The number of benzene rings is 2. The van der Waals surface area contributed by atoms with Crippen LogP contribution in [0.2, 0.25) is 0 Å². The third kappa shape index (κ3) is 4.60. The lowest BCUT2D eigenvalue weighted by Gasteiger charge is -2.19. The molecule has 1 heterocycles. The molecular weight excluding hydrogens is 386 g/mol. The molecule has 0 unspecified atom stereocenters. The van der Waals surface area contributed by atoms with Gasteiger partial charge in [0.05, 0.1) is 0 Å². The molecule has 0 N–H and O–H groups in total. The van der Waals surface area contributed by atoms with Crippen molar-refractivity contribution in [3.63, 3.8) is 0 Å². The third-order valence-electron chi connectivity index (χ3n) is 3.21. The predicted octanol–water partition coefficient (Wildman–Crippen LogP) is 4.98. The van der Waals surface area contributed by atoms with Crippen molar-refractivity contribution in [2.24, 2.45) is 0 Å². The number of aromatic nitrogens is 1. The second-order valence-corrected chi connectivity index (χ2v) is 7.45. The Morgan fingerprint density at radius 3 is 2.76 bits per heavy atom. The Labute approximate surface area is 154 Å². The lowest BCUT2D eigenvalue weighted by molar-refractivity contribution is -0.157. The van der Waals surface area contributed by atoms with Crippen LogP contribution in [0.4, 0.5) is 0 Å². The first-order valence-electron chi connectivity index (χ1n) is 7.81. The van der Waals surface area contributed by atoms with E-state index in [9.17, 15) is 4.79 Å². The summed E-state index contributed by atoms with van der Waals surface area (Å²) in [6.45, 7) is 5.30. The van der Waals surface area contributed by atoms with E-state index in [0.29, 0.717) is 17.2 Å². The number of hydrogen-bond donors (Lipinski definition) is 0. The fourth-order valence-electron chi connectivity index (χ4n) is 2.25. The van der Waals surface area contributed by atoms with E-state index in [0.717, 1.165) is 15.6 Å². The number of fused-ring (bicyclic) bond motifs is 1. The Hall–Kier alpha value is -2.34. The van der Waals surface area contributed by atoms with Crippen LogP contribution in [-0.4, -0.2) is 23.2 Å². The SMILES string of the molecule is CC(C)(C)OC(=O)COc1cccc(-c2nc3ccc(Br)cc3o2)c1. The van der Waals surface area contributed by atoms with Crippen molar-refractivity contribution < 1.29 is 18.7 Å². The first kappa shape index (κ1) is 17.5. The molecule has 0 spiro atoms. The second-order valence-electron chi connectivity index (χ2n) is 6.53. The predicted molar refractivity (Wildman–Crippen MR) is 98.5 cm³/mol. The molecule has 0 aliphatic heterocycles. The highest BCUT2D eigenvalue weighted by atomic mass is 79.9. The summed E-state index contributed by atoms with van der Waals surface area (Å²) in [6, 6.07) is 12.9. The number of carbonyl (C=O) groups is 1. The molecule has 6 heteroatoms. The zero-order valence-corrected chi connectivity index (χ0v) is 15.8. The number of ether oxygens (including phenoxy) is 2. The zero-order valence-electron chi connectivity index (χ0n) is 14.2. The molecular formula is C19H18BrNO4. The highest BCUT2D eigenvalue weighted by Gasteiger charge is 2.17. The number of rotatable bonds is 4. The molecule has 0 aliphatic rings. The maximum absolute atomic E-state index is 11.8. The van der Waals surface area contributed by atoms with Gasteiger partial charge in [-0.1, -0.05) is 22.0 Å². The molecule has 0 atom stereocenters. The molecule has 0 radical (unpaired) electrons. The van der Waals surface area contributed by atoms with E-state index < -0.39 is 11.6 Å². The molecule has 0 amide bonds. The van der Waals surface area contributed by atoms with Crippen LogP contribution in [0.1, 0.15) is 20.8 Å². The quantitative estimate of drug-likeness (QED) is 0.574. The van der Waals surface area contributed by atoms with E-state index in [4.69, 9.17) is 13.9 Å². The van der Waals surface area contributed by atoms with Crippen molar-refractivity contribution in [3.8, 4) is 17.2 Å². The molecule has 1 aromatic heterocycles. The Morgan fingerprint density at radius 1 is 1.20 bits per heavy atom. The van der Waals surface area contributed by atoms with Crippen LogP contribution >= 0.6 is 15.9 Å². The summed E-state index contributed by atoms with van der Waals surface area (Å²) in [5, 5.41) is 0. The highest BCUT2D eigenvalue weighted by molar-refractivity contribution is 9.10. The average molecular weight is 404 g/mol. The summed E-state index contributed by atoms with van der Waals surface area (Å²) < 4.78 is 17.5. The van der Waals surface area contributed by atoms with Gasteiger partial charge in [0.15, 0.2) is 12.2 Å². The number of oxazole rings is 1. The maximum Gasteiger partial charge on any atom is 0.344 e. The van der Waals surface area contributed by atoms with Crippen LogP contribution in [-0.2, 0) is 9.53 Å². The Balaban J connectivity index is 1.75. The van der Waals surface area contributed by atoms with Crippen LogP contribution in [0, 0.1) is 0 Å². The van der Waals surface area contributed by atoms with Gasteiger partial charge < -0.3 is 13.9 Å². The van der Waals surface area contributed by atoms with Gasteiger partial charge in [0.1, 0.15) is 16.9 Å². The van der Waals surface area contributed by atoms with Crippen molar-refractivity contribution in [2.75, 3.05) is 6.61 Å². The number of halogens is 1. The van der Waals surface area contributed by atoms with E-state index in [-0.39, 0.29) is 6.61 Å². The summed E-state index contributed by atoms with van der Waals surface area (Å²) >= 11 is 3.41. The van der Waals surface area contributed by atoms with Gasteiger partial charge in [0, 0.05) is 10.0 Å². The molecule has 0 bridgehead atoms. The summed E-state index contributed by atoms with van der Waals surface area (Å²) in [4.78, 5) is 16.2. The van der Waals surface area contributed by atoms with Crippen molar-refractivity contribution >= 4 is 33.0 Å². The monoisotopic (exact) mass is 403 g/mol. The van der Waals surface area contributed by atoms with Gasteiger partial charge in [0.25, 0.3) is 0 Å². The standard InChI is InChI=1S/C19H18BrNO4/c1-19(2,3)25-17(22)11-23-14-6-4-5-12(9-14)18-21-15-8-7-13(20)10-16(15)24-18/h4-10H,11H2,1-3H3. The molecule has 0 aliphatic carbocycles. The summed E-state index contributed by atoms with van der Waals surface area (Å²) in [5.41, 5.74) is 1.71. The molecule has 0 saturated carbocycles. The lowest BCUT2D eigenvalue weighted by Crippen LogP contribution is -2.27. The van der Waals surface area contributed by atoms with Gasteiger partial charge >= 0.3 is 5.97 Å². The van der Waals surface area contributed by atoms with E-state index in [1.807, 2.05) is 51.1 Å². The fraction of sp³-hybridized carbons (Fsp3) is 0.263. The normalized spacial score (nSPS) is 11.5. The van der Waals surface area contributed by atoms with Gasteiger partial charge in [-0.3, -0.25) is 0 Å². The first-order valence-corrected chi connectivity index (χ1v) is 8.61. The largest absolute Gasteiger partial charge is 0.482 e. The van der Waals surface area contributed by atoms with E-state index in [1.165, 1.54) is 0 Å². The highest BCUT2D eigenvalue weighted by Crippen LogP contribution is 2.28. The summed E-state index contributed by atoms with van der Waals surface area (Å²) in [7, 11) is 0. The Bertz CT molecular complexity index is 911. The molecule has 3 rings (SSSR count). The number of hydrogen-bond acceptors (Lipinski definition) is 5. The Morgan fingerprint density at radius 2 is 2.00 bits per heavy atom. The van der Waals surface area contributed by atoms with E-state index in [1.54, 1.807) is 12.1 Å². The minimum Gasteiger partial charge on any atom is -0.482 e. The molecule has 2 aromatic carbocycles. The van der Waals surface area contributed by atoms with Crippen molar-refractivity contribution in [3.05, 3.63) is 46.9 Å². The first-order chi connectivity index (χ1) is 11.8. The van der Waals surface area contributed by atoms with Gasteiger partial charge in [-0.15, -0.1) is 0 Å². The van der Waals surface area contributed by atoms with E-state index in [2.05, 4.69) is 20.9 Å². The van der Waals surface area contributed by atoms with Gasteiger partial charge in [-0.25, -0.2) is 9.78 Å². The molecule has 0 saturated heterocycles. The van der Waals surface area contributed by atoms with Crippen LogP contribution in [0.3, 0.4) is 0 Å². The van der Waals surface area contributed by atoms with Gasteiger partial charge in [-0.2, -0.15) is 0 Å². The zero-order chi connectivity index (χ0) is 18.0. The number of esters is 1. The van der Waals surface area contributed by atoms with Crippen molar-refractivity contribution in [1.82, 2.24) is 4.98 Å². The molecule has 5 nitrogen and oxygen atoms in total. The Kier molecular flexibility index (Phi) is 4.81. The molecule has 0 fully saturated rings. The van der Waals surface area contributed by atoms with Crippen LogP contribution < -0.4 is 4.74 Å². The van der Waals surface area contributed by atoms with Gasteiger partial charge in [0.2, 0.25) is 5.89 Å². The molecule has 25 heavy (non-hydrogen) atoms. The third-order valence-corrected chi connectivity index (χ3v) is 3.70. The van der Waals surface area contributed by atoms with Crippen molar-refractivity contribution in [1.29, 1.82) is 0 Å². The summed E-state index contributed by atoms with van der Waals surface area (Å²) in [5.74, 6) is 0.632. The molecule has 130 valence electrons. The van der Waals surface area contributed by atoms with Crippen LogP contribution in [0.25, 0.3) is 22.6 Å². The van der Waals surface area contributed by atoms with Gasteiger partial charge in [-0.05, 0) is 57.2 Å². The number of nitrogens with zero attached hydrogens (tertiary/aromatic N) is 1. The lowest BCUT2D eigenvalue weighted by atomic mass is 10.2. The van der Waals surface area contributed by atoms with E-state index >= 15 is 0 Å². The average Bonchev–Trinajstić information content (AvgIpc) is 2.95.